The van der Waals surface area contributed by atoms with Crippen LogP contribution in [0.15, 0.2) is 46.2 Å². The van der Waals surface area contributed by atoms with E-state index >= 15 is 0 Å². The molecule has 0 fully saturated rings. The molecule has 0 aliphatic heterocycles. The van der Waals surface area contributed by atoms with Crippen LogP contribution in [0, 0.1) is 13.8 Å². The zero-order valence-electron chi connectivity index (χ0n) is 12.4. The number of benzene rings is 1. The highest BCUT2D eigenvalue weighted by Gasteiger charge is 2.10. The van der Waals surface area contributed by atoms with Crippen LogP contribution >= 0.6 is 11.3 Å². The third-order valence-corrected chi connectivity index (χ3v) is 4.01. The zero-order valence-corrected chi connectivity index (χ0v) is 13.2. The third-order valence-electron chi connectivity index (χ3n) is 3.24. The Balaban J connectivity index is 1.65. The van der Waals surface area contributed by atoms with E-state index in [1.165, 1.54) is 0 Å². The van der Waals surface area contributed by atoms with Crippen LogP contribution in [0.3, 0.4) is 0 Å². The highest BCUT2D eigenvalue weighted by molar-refractivity contribution is 7.09. The quantitative estimate of drug-likeness (QED) is 0.793. The summed E-state index contributed by atoms with van der Waals surface area (Å²) in [7, 11) is 0. The van der Waals surface area contributed by atoms with Crippen molar-refractivity contribution in [2.45, 2.75) is 20.4 Å². The predicted octanol–water partition coefficient (Wildman–Crippen LogP) is 3.95. The van der Waals surface area contributed by atoms with E-state index in [1.54, 1.807) is 17.4 Å². The lowest BCUT2D eigenvalue weighted by Crippen LogP contribution is -2.22. The van der Waals surface area contributed by atoms with Crippen molar-refractivity contribution in [3.05, 3.63) is 63.7 Å². The summed E-state index contributed by atoms with van der Waals surface area (Å²) in [5, 5.41) is 5.82. The summed E-state index contributed by atoms with van der Waals surface area (Å²) >= 11 is 1.58. The number of thiazole rings is 1. The van der Waals surface area contributed by atoms with Gasteiger partial charge in [0.05, 0.1) is 11.6 Å². The van der Waals surface area contributed by atoms with Crippen molar-refractivity contribution in [2.24, 2.45) is 0 Å². The zero-order chi connectivity index (χ0) is 15.5. The van der Waals surface area contributed by atoms with Gasteiger partial charge in [0, 0.05) is 10.9 Å². The van der Waals surface area contributed by atoms with Gasteiger partial charge in [-0.15, -0.1) is 11.3 Å². The van der Waals surface area contributed by atoms with E-state index in [0.717, 1.165) is 22.0 Å². The molecule has 0 spiro atoms. The van der Waals surface area contributed by atoms with Gasteiger partial charge in [-0.05, 0) is 38.1 Å². The first kappa shape index (κ1) is 14.5. The van der Waals surface area contributed by atoms with Crippen LogP contribution in [-0.4, -0.2) is 10.9 Å². The van der Waals surface area contributed by atoms with Crippen molar-refractivity contribution in [3.63, 3.8) is 0 Å². The fourth-order valence-corrected chi connectivity index (χ4v) is 2.75. The van der Waals surface area contributed by atoms with Gasteiger partial charge in [-0.25, -0.2) is 4.98 Å². The summed E-state index contributed by atoms with van der Waals surface area (Å²) in [5.74, 6) is 1.33. The molecule has 4 nitrogen and oxygen atoms in total. The van der Waals surface area contributed by atoms with Crippen LogP contribution in [0.5, 0.6) is 0 Å². The lowest BCUT2D eigenvalue weighted by molar-refractivity contribution is 0.0948. The Kier molecular flexibility index (Phi) is 4.06. The molecule has 0 aliphatic rings. The van der Waals surface area contributed by atoms with Crippen molar-refractivity contribution >= 4 is 17.2 Å². The number of hydrogen-bond donors (Lipinski definition) is 1. The lowest BCUT2D eigenvalue weighted by atomic mass is 10.1. The molecule has 0 radical (unpaired) electrons. The molecule has 3 aromatic rings. The molecule has 1 N–H and O–H groups in total. The lowest BCUT2D eigenvalue weighted by Gasteiger charge is -2.04. The Hall–Kier alpha value is -2.40. The van der Waals surface area contributed by atoms with Crippen LogP contribution in [0.25, 0.3) is 11.5 Å². The van der Waals surface area contributed by atoms with Gasteiger partial charge in [-0.1, -0.05) is 17.7 Å². The molecule has 0 aliphatic carbocycles. The molecule has 112 valence electrons. The van der Waals surface area contributed by atoms with Gasteiger partial charge in [0.25, 0.3) is 5.91 Å². The summed E-state index contributed by atoms with van der Waals surface area (Å²) in [4.78, 5) is 16.5. The number of rotatable bonds is 4. The number of amides is 1. The van der Waals surface area contributed by atoms with Crippen LogP contribution in [0.4, 0.5) is 0 Å². The molecular formula is C17H16N2O2S. The summed E-state index contributed by atoms with van der Waals surface area (Å²) in [6.45, 7) is 4.28. The molecule has 0 saturated carbocycles. The van der Waals surface area contributed by atoms with Crippen LogP contribution in [0.2, 0.25) is 0 Å². The Bertz CT molecular complexity index is 804. The summed E-state index contributed by atoms with van der Waals surface area (Å²) in [6, 6.07) is 11.2. The Morgan fingerprint density at radius 2 is 2.14 bits per heavy atom. The standard InChI is InChI=1S/C17H16N2O2S/c1-11-4-3-5-13(8-11)17(20)18-9-14-6-7-16(21-14)15-10-22-12(2)19-15/h3-8,10H,9H2,1-2H3,(H,18,20). The Morgan fingerprint density at radius 1 is 1.27 bits per heavy atom. The summed E-state index contributed by atoms with van der Waals surface area (Å²) in [5.41, 5.74) is 2.55. The SMILES string of the molecule is Cc1cccc(C(=O)NCc2ccc(-c3csc(C)n3)o2)c1. The normalized spacial score (nSPS) is 10.6. The van der Waals surface area contributed by atoms with Crippen molar-refractivity contribution < 1.29 is 9.21 Å². The number of nitrogens with zero attached hydrogens (tertiary/aromatic N) is 1. The van der Waals surface area contributed by atoms with Crippen molar-refractivity contribution in [1.29, 1.82) is 0 Å². The van der Waals surface area contributed by atoms with E-state index in [4.69, 9.17) is 4.42 Å². The number of carbonyl (C=O) groups excluding carboxylic acids is 1. The highest BCUT2D eigenvalue weighted by Crippen LogP contribution is 2.23. The van der Waals surface area contributed by atoms with Gasteiger partial charge in [-0.2, -0.15) is 0 Å². The number of nitrogens with one attached hydrogen (secondary N) is 1. The van der Waals surface area contributed by atoms with E-state index < -0.39 is 0 Å². The first-order valence-electron chi connectivity index (χ1n) is 6.98. The van der Waals surface area contributed by atoms with E-state index in [-0.39, 0.29) is 5.91 Å². The molecular weight excluding hydrogens is 296 g/mol. The first-order chi connectivity index (χ1) is 10.6. The van der Waals surface area contributed by atoms with Crippen LogP contribution in [0.1, 0.15) is 26.7 Å². The van der Waals surface area contributed by atoms with E-state index in [2.05, 4.69) is 10.3 Å². The minimum atomic E-state index is -0.105. The van der Waals surface area contributed by atoms with Crippen molar-refractivity contribution in [1.82, 2.24) is 10.3 Å². The average molecular weight is 312 g/mol. The summed E-state index contributed by atoms with van der Waals surface area (Å²) < 4.78 is 5.72. The number of furan rings is 1. The molecule has 1 aromatic carbocycles. The molecule has 2 aromatic heterocycles. The first-order valence-corrected chi connectivity index (χ1v) is 7.86. The fraction of sp³-hybridized carbons (Fsp3) is 0.176. The van der Waals surface area contributed by atoms with E-state index in [0.29, 0.717) is 17.9 Å². The smallest absolute Gasteiger partial charge is 0.251 e. The number of aromatic nitrogens is 1. The molecule has 0 unspecified atom stereocenters. The van der Waals surface area contributed by atoms with Crippen LogP contribution < -0.4 is 5.32 Å². The number of aryl methyl sites for hydroxylation is 2. The number of hydrogen-bond acceptors (Lipinski definition) is 4. The minimum Gasteiger partial charge on any atom is -0.458 e. The Morgan fingerprint density at radius 3 is 2.86 bits per heavy atom. The maximum absolute atomic E-state index is 12.1. The second-order valence-electron chi connectivity index (χ2n) is 5.07. The fourth-order valence-electron chi connectivity index (χ4n) is 2.14. The predicted molar refractivity (Wildman–Crippen MR) is 86.9 cm³/mol. The summed E-state index contributed by atoms with van der Waals surface area (Å²) in [6.07, 6.45) is 0. The van der Waals surface area contributed by atoms with Crippen molar-refractivity contribution in [3.8, 4) is 11.5 Å². The van der Waals surface area contributed by atoms with Gasteiger partial charge < -0.3 is 9.73 Å². The maximum atomic E-state index is 12.1. The second-order valence-corrected chi connectivity index (χ2v) is 6.13. The Labute approximate surface area is 132 Å². The largest absolute Gasteiger partial charge is 0.458 e. The molecule has 1 amide bonds. The van der Waals surface area contributed by atoms with Crippen LogP contribution in [-0.2, 0) is 6.54 Å². The van der Waals surface area contributed by atoms with E-state index in [1.807, 2.05) is 49.6 Å². The van der Waals surface area contributed by atoms with Gasteiger partial charge in [0.2, 0.25) is 0 Å². The molecule has 2 heterocycles. The van der Waals surface area contributed by atoms with Gasteiger partial charge in [0.15, 0.2) is 5.76 Å². The van der Waals surface area contributed by atoms with Gasteiger partial charge in [0.1, 0.15) is 11.5 Å². The molecule has 0 bridgehead atoms. The molecule has 0 atom stereocenters. The van der Waals surface area contributed by atoms with Gasteiger partial charge in [-0.3, -0.25) is 4.79 Å². The monoisotopic (exact) mass is 312 g/mol. The second kappa shape index (κ2) is 6.15. The third kappa shape index (κ3) is 3.26. The minimum absolute atomic E-state index is 0.105. The molecule has 5 heteroatoms. The molecule has 0 saturated heterocycles. The highest BCUT2D eigenvalue weighted by atomic mass is 32.1. The van der Waals surface area contributed by atoms with Gasteiger partial charge >= 0.3 is 0 Å². The van der Waals surface area contributed by atoms with E-state index in [9.17, 15) is 4.79 Å². The topological polar surface area (TPSA) is 55.1 Å². The average Bonchev–Trinajstić information content (AvgIpc) is 3.13. The molecule has 22 heavy (non-hydrogen) atoms. The van der Waals surface area contributed by atoms with Crippen molar-refractivity contribution in [2.75, 3.05) is 0 Å². The molecule has 3 rings (SSSR count). The number of carbonyl (C=O) groups is 1. The maximum Gasteiger partial charge on any atom is 0.251 e.